The van der Waals surface area contributed by atoms with Crippen LogP contribution in [0.3, 0.4) is 0 Å². The molecule has 1 fully saturated rings. The molecule has 30 heavy (non-hydrogen) atoms. The number of furan rings is 1. The molecule has 166 valence electrons. The van der Waals surface area contributed by atoms with E-state index in [4.69, 9.17) is 4.42 Å². The van der Waals surface area contributed by atoms with Crippen molar-refractivity contribution >= 4 is 23.6 Å². The predicted octanol–water partition coefficient (Wildman–Crippen LogP) is 4.28. The highest BCUT2D eigenvalue weighted by molar-refractivity contribution is 8.00. The molecule has 0 saturated carbocycles. The van der Waals surface area contributed by atoms with Crippen molar-refractivity contribution in [1.82, 2.24) is 19.7 Å². The zero-order valence-electron chi connectivity index (χ0n) is 19.0. The Labute approximate surface area is 184 Å². The first-order valence-electron chi connectivity index (χ1n) is 11.0. The molecule has 1 atom stereocenters. The van der Waals surface area contributed by atoms with Gasteiger partial charge in [-0.1, -0.05) is 18.7 Å². The van der Waals surface area contributed by atoms with Crippen molar-refractivity contribution in [3.63, 3.8) is 0 Å². The van der Waals surface area contributed by atoms with Gasteiger partial charge in [0.1, 0.15) is 5.76 Å². The molecule has 2 aromatic rings. The molecule has 0 N–H and O–H groups in total. The van der Waals surface area contributed by atoms with E-state index in [9.17, 15) is 4.79 Å². The Morgan fingerprint density at radius 2 is 1.87 bits per heavy atom. The number of amides is 1. The summed E-state index contributed by atoms with van der Waals surface area (Å²) in [4.78, 5) is 17.4. The summed E-state index contributed by atoms with van der Waals surface area (Å²) in [6.07, 6.45) is 4.00. The second kappa shape index (κ2) is 9.90. The summed E-state index contributed by atoms with van der Waals surface area (Å²) in [5.41, 5.74) is 0. The SMILES string of the molecule is CC1CCN(c2nnc(S[C@H](C)C(=O)N(C(C)C)C(C)C)n2Cc2ccco2)CC1. The maximum Gasteiger partial charge on any atom is 0.236 e. The van der Waals surface area contributed by atoms with Gasteiger partial charge in [0.2, 0.25) is 11.9 Å². The van der Waals surface area contributed by atoms with E-state index in [1.54, 1.807) is 6.26 Å². The van der Waals surface area contributed by atoms with E-state index >= 15 is 0 Å². The number of anilines is 1. The minimum absolute atomic E-state index is 0.130. The van der Waals surface area contributed by atoms with E-state index in [-0.39, 0.29) is 23.2 Å². The lowest BCUT2D eigenvalue weighted by molar-refractivity contribution is -0.133. The third-order valence-corrected chi connectivity index (χ3v) is 6.72. The molecule has 1 aliphatic rings. The van der Waals surface area contributed by atoms with Crippen LogP contribution < -0.4 is 4.90 Å². The van der Waals surface area contributed by atoms with Crippen molar-refractivity contribution in [2.45, 2.75) is 83.4 Å². The zero-order chi connectivity index (χ0) is 21.8. The van der Waals surface area contributed by atoms with Crippen LogP contribution in [0.2, 0.25) is 0 Å². The number of hydrogen-bond donors (Lipinski definition) is 0. The van der Waals surface area contributed by atoms with Gasteiger partial charge in [-0.25, -0.2) is 0 Å². The number of carbonyl (C=O) groups is 1. The second-order valence-electron chi connectivity index (χ2n) is 8.81. The summed E-state index contributed by atoms with van der Waals surface area (Å²) in [5, 5.41) is 9.52. The van der Waals surface area contributed by atoms with Crippen LogP contribution >= 0.6 is 11.8 Å². The molecule has 8 heteroatoms. The molecule has 3 heterocycles. The number of piperidine rings is 1. The van der Waals surface area contributed by atoms with Gasteiger partial charge in [0.25, 0.3) is 0 Å². The summed E-state index contributed by atoms with van der Waals surface area (Å²) in [6.45, 7) is 15.0. The fourth-order valence-electron chi connectivity index (χ4n) is 4.03. The van der Waals surface area contributed by atoms with E-state index in [0.717, 1.165) is 48.7 Å². The van der Waals surface area contributed by atoms with Gasteiger partial charge < -0.3 is 14.2 Å². The highest BCUT2D eigenvalue weighted by Gasteiger charge is 2.29. The lowest BCUT2D eigenvalue weighted by atomic mass is 10.00. The Balaban J connectivity index is 1.83. The van der Waals surface area contributed by atoms with Crippen LogP contribution in [0.25, 0.3) is 0 Å². The van der Waals surface area contributed by atoms with Crippen LogP contribution in [0.1, 0.15) is 60.1 Å². The first-order valence-corrected chi connectivity index (χ1v) is 11.8. The smallest absolute Gasteiger partial charge is 0.236 e. The van der Waals surface area contributed by atoms with E-state index in [2.05, 4.69) is 54.3 Å². The average molecular weight is 434 g/mol. The number of rotatable bonds is 8. The van der Waals surface area contributed by atoms with E-state index in [1.165, 1.54) is 11.8 Å². The summed E-state index contributed by atoms with van der Waals surface area (Å²) >= 11 is 1.48. The predicted molar refractivity (Wildman–Crippen MR) is 121 cm³/mol. The molecule has 7 nitrogen and oxygen atoms in total. The van der Waals surface area contributed by atoms with Crippen molar-refractivity contribution in [3.8, 4) is 0 Å². The Hall–Kier alpha value is -1.96. The highest BCUT2D eigenvalue weighted by Crippen LogP contribution is 2.30. The van der Waals surface area contributed by atoms with Crippen LogP contribution in [-0.4, -0.2) is 56.0 Å². The Morgan fingerprint density at radius 1 is 1.20 bits per heavy atom. The van der Waals surface area contributed by atoms with Gasteiger partial charge in [-0.2, -0.15) is 0 Å². The standard InChI is InChI=1S/C22H35N5O2S/c1-15(2)27(16(3)4)20(28)18(6)30-22-24-23-21(25-11-9-17(5)10-12-25)26(22)14-19-8-7-13-29-19/h7-8,13,15-18H,9-12,14H2,1-6H3/t18-/m1/s1. The molecule has 0 radical (unpaired) electrons. The molecular weight excluding hydrogens is 398 g/mol. The number of aromatic nitrogens is 3. The Kier molecular flexibility index (Phi) is 7.50. The van der Waals surface area contributed by atoms with Crippen molar-refractivity contribution in [3.05, 3.63) is 24.2 Å². The largest absolute Gasteiger partial charge is 0.467 e. The lowest BCUT2D eigenvalue weighted by Crippen LogP contribution is -2.45. The molecule has 3 rings (SSSR count). The molecule has 2 aromatic heterocycles. The Morgan fingerprint density at radius 3 is 2.43 bits per heavy atom. The maximum absolute atomic E-state index is 13.1. The lowest BCUT2D eigenvalue weighted by Gasteiger charge is -2.33. The molecule has 0 aliphatic carbocycles. The molecule has 0 aromatic carbocycles. The topological polar surface area (TPSA) is 67.4 Å². The minimum atomic E-state index is -0.247. The third kappa shape index (κ3) is 5.20. The molecule has 0 unspecified atom stereocenters. The fourth-order valence-corrected chi connectivity index (χ4v) is 4.93. The summed E-state index contributed by atoms with van der Waals surface area (Å²) < 4.78 is 7.69. The molecule has 1 aliphatic heterocycles. The van der Waals surface area contributed by atoms with Crippen molar-refractivity contribution in [1.29, 1.82) is 0 Å². The van der Waals surface area contributed by atoms with Crippen molar-refractivity contribution < 1.29 is 9.21 Å². The monoisotopic (exact) mass is 433 g/mol. The van der Waals surface area contributed by atoms with Gasteiger partial charge in [0, 0.05) is 25.2 Å². The van der Waals surface area contributed by atoms with E-state index < -0.39 is 0 Å². The van der Waals surface area contributed by atoms with Crippen molar-refractivity contribution in [2.24, 2.45) is 5.92 Å². The maximum atomic E-state index is 13.1. The molecule has 0 bridgehead atoms. The van der Waals surface area contributed by atoms with E-state index in [1.807, 2.05) is 24.0 Å². The highest BCUT2D eigenvalue weighted by atomic mass is 32.2. The van der Waals surface area contributed by atoms with Crippen LogP contribution in [0.5, 0.6) is 0 Å². The minimum Gasteiger partial charge on any atom is -0.467 e. The van der Waals surface area contributed by atoms with Gasteiger partial charge in [-0.05, 0) is 65.5 Å². The third-order valence-electron chi connectivity index (χ3n) is 5.65. The molecule has 0 spiro atoms. The second-order valence-corrected chi connectivity index (χ2v) is 10.1. The first-order chi connectivity index (χ1) is 14.3. The van der Waals surface area contributed by atoms with Crippen LogP contribution in [0.4, 0.5) is 5.95 Å². The summed E-state index contributed by atoms with van der Waals surface area (Å²) in [7, 11) is 0. The van der Waals surface area contributed by atoms with Gasteiger partial charge in [-0.15, -0.1) is 10.2 Å². The molecule has 1 saturated heterocycles. The number of carbonyl (C=O) groups excluding carboxylic acids is 1. The summed E-state index contributed by atoms with van der Waals surface area (Å²) in [6, 6.07) is 4.17. The van der Waals surface area contributed by atoms with Gasteiger partial charge in [0.15, 0.2) is 5.16 Å². The zero-order valence-corrected chi connectivity index (χ0v) is 19.9. The normalized spacial score (nSPS) is 16.5. The molecular formula is C22H35N5O2S. The molecule has 1 amide bonds. The van der Waals surface area contributed by atoms with E-state index in [0.29, 0.717) is 6.54 Å². The van der Waals surface area contributed by atoms with Crippen LogP contribution in [0, 0.1) is 5.92 Å². The van der Waals surface area contributed by atoms with Crippen LogP contribution in [0.15, 0.2) is 28.0 Å². The van der Waals surface area contributed by atoms with Gasteiger partial charge in [0.05, 0.1) is 18.1 Å². The Bertz CT molecular complexity index is 802. The van der Waals surface area contributed by atoms with Crippen molar-refractivity contribution in [2.75, 3.05) is 18.0 Å². The fraction of sp³-hybridized carbons (Fsp3) is 0.682. The number of hydrogen-bond acceptors (Lipinski definition) is 6. The van der Waals surface area contributed by atoms with Gasteiger partial charge >= 0.3 is 0 Å². The average Bonchev–Trinajstić information content (AvgIpc) is 3.33. The van der Waals surface area contributed by atoms with Crippen LogP contribution in [-0.2, 0) is 11.3 Å². The first kappa shape index (κ1) is 22.7. The number of nitrogens with zero attached hydrogens (tertiary/aromatic N) is 5. The quantitative estimate of drug-likeness (QED) is 0.579. The summed E-state index contributed by atoms with van der Waals surface area (Å²) in [5.74, 6) is 2.59. The number of thioether (sulfide) groups is 1. The van der Waals surface area contributed by atoms with Gasteiger partial charge in [-0.3, -0.25) is 9.36 Å².